The van der Waals surface area contributed by atoms with Gasteiger partial charge in [-0.15, -0.1) is 0 Å². The third-order valence-electron chi connectivity index (χ3n) is 2.08. The Bertz CT molecular complexity index is 540. The zero-order valence-electron chi connectivity index (χ0n) is 9.08. The van der Waals surface area contributed by atoms with Crippen LogP contribution in [-0.2, 0) is 4.74 Å². The highest BCUT2D eigenvalue weighted by atomic mass is 35.5. The summed E-state index contributed by atoms with van der Waals surface area (Å²) in [6, 6.07) is 5.30. The van der Waals surface area contributed by atoms with E-state index in [9.17, 15) is 4.79 Å². The third-order valence-corrected chi connectivity index (χ3v) is 2.32. The Morgan fingerprint density at radius 2 is 2.41 bits per heavy atom. The molecule has 1 amide bonds. The molecule has 0 atom stereocenters. The van der Waals surface area contributed by atoms with E-state index in [1.807, 2.05) is 0 Å². The molecule has 1 aromatic heterocycles. The molecule has 2 rings (SSSR count). The summed E-state index contributed by atoms with van der Waals surface area (Å²) < 4.78 is 4.70. The topological polar surface area (TPSA) is 79.0 Å². The summed E-state index contributed by atoms with van der Waals surface area (Å²) in [6.45, 7) is 2.04. The molecule has 0 aliphatic rings. The molecular weight excluding hydrogens is 244 g/mol. The van der Waals surface area contributed by atoms with Crippen molar-refractivity contribution in [1.82, 2.24) is 15.6 Å². The standard InChI is InChI=1S/C10H11ClN4O2/c1-2-17-10(16)15-14-9-7-4-3-6(11)5-8(7)12-13-9/h3-5H,2H2,1H3,(H,15,16)(H2,12,13,14). The van der Waals surface area contributed by atoms with Crippen molar-refractivity contribution in [3.05, 3.63) is 23.2 Å². The average molecular weight is 255 g/mol. The third kappa shape index (κ3) is 2.59. The molecule has 0 spiro atoms. The van der Waals surface area contributed by atoms with E-state index in [1.165, 1.54) is 0 Å². The quantitative estimate of drug-likeness (QED) is 0.735. The molecule has 1 aromatic carbocycles. The smallest absolute Gasteiger partial charge is 0.425 e. The largest absolute Gasteiger partial charge is 0.449 e. The Labute approximate surface area is 102 Å². The van der Waals surface area contributed by atoms with E-state index in [2.05, 4.69) is 21.0 Å². The van der Waals surface area contributed by atoms with Crippen molar-refractivity contribution in [1.29, 1.82) is 0 Å². The van der Waals surface area contributed by atoms with Crippen molar-refractivity contribution < 1.29 is 9.53 Å². The lowest BCUT2D eigenvalue weighted by molar-refractivity contribution is 0.154. The van der Waals surface area contributed by atoms with Crippen LogP contribution in [0.15, 0.2) is 18.2 Å². The Morgan fingerprint density at radius 1 is 1.59 bits per heavy atom. The molecule has 2 aromatic rings. The van der Waals surface area contributed by atoms with Gasteiger partial charge < -0.3 is 4.74 Å². The number of hydrogen-bond acceptors (Lipinski definition) is 4. The number of fused-ring (bicyclic) bond motifs is 1. The van der Waals surface area contributed by atoms with E-state index < -0.39 is 6.09 Å². The minimum Gasteiger partial charge on any atom is -0.449 e. The van der Waals surface area contributed by atoms with Gasteiger partial charge >= 0.3 is 6.09 Å². The fourth-order valence-electron chi connectivity index (χ4n) is 1.36. The van der Waals surface area contributed by atoms with Crippen LogP contribution in [0.1, 0.15) is 6.92 Å². The Hall–Kier alpha value is -1.95. The summed E-state index contributed by atoms with van der Waals surface area (Å²) in [4.78, 5) is 11.1. The number of nitrogens with one attached hydrogen (secondary N) is 3. The molecule has 0 unspecified atom stereocenters. The lowest BCUT2D eigenvalue weighted by Crippen LogP contribution is -2.30. The highest BCUT2D eigenvalue weighted by Crippen LogP contribution is 2.22. The number of benzene rings is 1. The number of anilines is 1. The van der Waals surface area contributed by atoms with E-state index in [1.54, 1.807) is 25.1 Å². The van der Waals surface area contributed by atoms with Gasteiger partial charge in [-0.25, -0.2) is 10.2 Å². The fourth-order valence-corrected chi connectivity index (χ4v) is 1.54. The van der Waals surface area contributed by atoms with Crippen molar-refractivity contribution in [2.75, 3.05) is 12.0 Å². The fraction of sp³-hybridized carbons (Fsp3) is 0.200. The predicted molar refractivity (Wildman–Crippen MR) is 64.9 cm³/mol. The molecule has 7 heteroatoms. The number of aromatic amines is 1. The minimum absolute atomic E-state index is 0.310. The van der Waals surface area contributed by atoms with Crippen molar-refractivity contribution in [2.24, 2.45) is 0 Å². The number of halogens is 1. The van der Waals surface area contributed by atoms with Gasteiger partial charge in [-0.3, -0.25) is 10.5 Å². The highest BCUT2D eigenvalue weighted by molar-refractivity contribution is 6.31. The molecule has 90 valence electrons. The van der Waals surface area contributed by atoms with Crippen molar-refractivity contribution >= 4 is 34.4 Å². The van der Waals surface area contributed by atoms with Crippen LogP contribution < -0.4 is 10.9 Å². The molecule has 0 saturated heterocycles. The summed E-state index contributed by atoms with van der Waals surface area (Å²) >= 11 is 5.84. The van der Waals surface area contributed by atoms with Gasteiger partial charge in [0.1, 0.15) is 0 Å². The molecular formula is C10H11ClN4O2. The maximum absolute atomic E-state index is 11.1. The molecule has 6 nitrogen and oxygen atoms in total. The first-order valence-corrected chi connectivity index (χ1v) is 5.41. The van der Waals surface area contributed by atoms with Crippen LogP contribution in [0.5, 0.6) is 0 Å². The number of H-pyrrole nitrogens is 1. The lowest BCUT2D eigenvalue weighted by atomic mass is 10.2. The van der Waals surface area contributed by atoms with E-state index >= 15 is 0 Å². The number of hydrogen-bond donors (Lipinski definition) is 3. The van der Waals surface area contributed by atoms with Gasteiger partial charge in [0.2, 0.25) is 0 Å². The number of aromatic nitrogens is 2. The summed E-state index contributed by atoms with van der Waals surface area (Å²) in [5.41, 5.74) is 5.81. The maximum Gasteiger partial charge on any atom is 0.425 e. The van der Waals surface area contributed by atoms with Gasteiger partial charge in [-0.05, 0) is 25.1 Å². The number of carbonyl (C=O) groups excluding carboxylic acids is 1. The average Bonchev–Trinajstić information content (AvgIpc) is 2.69. The van der Waals surface area contributed by atoms with Crippen molar-refractivity contribution in [3.8, 4) is 0 Å². The molecule has 0 aliphatic carbocycles. The number of nitrogens with zero attached hydrogens (tertiary/aromatic N) is 1. The molecule has 3 N–H and O–H groups in total. The first kappa shape index (κ1) is 11.5. The van der Waals surface area contributed by atoms with Crippen LogP contribution in [-0.4, -0.2) is 22.9 Å². The first-order chi connectivity index (χ1) is 8.20. The number of ether oxygens (including phenoxy) is 1. The SMILES string of the molecule is CCOC(=O)NNc1n[nH]c2cc(Cl)ccc12. The number of hydrazine groups is 1. The maximum atomic E-state index is 11.1. The van der Waals surface area contributed by atoms with Gasteiger partial charge in [-0.2, -0.15) is 5.10 Å². The van der Waals surface area contributed by atoms with E-state index in [4.69, 9.17) is 16.3 Å². The summed E-state index contributed by atoms with van der Waals surface area (Å²) in [7, 11) is 0. The molecule has 0 aliphatic heterocycles. The zero-order valence-corrected chi connectivity index (χ0v) is 9.84. The summed E-state index contributed by atoms with van der Waals surface area (Å²) in [5.74, 6) is 0.504. The van der Waals surface area contributed by atoms with Crippen LogP contribution >= 0.6 is 11.6 Å². The molecule has 0 bridgehead atoms. The predicted octanol–water partition coefficient (Wildman–Crippen LogP) is 2.29. The Morgan fingerprint density at radius 3 is 3.18 bits per heavy atom. The first-order valence-electron chi connectivity index (χ1n) is 5.03. The second-order valence-electron chi connectivity index (χ2n) is 3.23. The Balaban J connectivity index is 2.11. The number of carbonyl (C=O) groups is 1. The monoisotopic (exact) mass is 254 g/mol. The number of rotatable bonds is 3. The number of amides is 1. The van der Waals surface area contributed by atoms with Gasteiger partial charge in [0.15, 0.2) is 5.82 Å². The van der Waals surface area contributed by atoms with Crippen LogP contribution in [0.2, 0.25) is 5.02 Å². The van der Waals surface area contributed by atoms with Crippen LogP contribution in [0, 0.1) is 0 Å². The Kier molecular flexibility index (Phi) is 3.34. The van der Waals surface area contributed by atoms with E-state index in [-0.39, 0.29) is 0 Å². The molecule has 0 saturated carbocycles. The van der Waals surface area contributed by atoms with Crippen LogP contribution in [0.4, 0.5) is 10.6 Å². The van der Waals surface area contributed by atoms with Crippen molar-refractivity contribution in [3.63, 3.8) is 0 Å². The molecule has 1 heterocycles. The van der Waals surface area contributed by atoms with Gasteiger partial charge in [-0.1, -0.05) is 11.6 Å². The highest BCUT2D eigenvalue weighted by Gasteiger charge is 2.07. The molecule has 0 fully saturated rings. The van der Waals surface area contributed by atoms with Gasteiger partial charge in [0, 0.05) is 10.4 Å². The lowest BCUT2D eigenvalue weighted by Gasteiger charge is -2.05. The second kappa shape index (κ2) is 4.92. The van der Waals surface area contributed by atoms with E-state index in [0.717, 1.165) is 10.9 Å². The second-order valence-corrected chi connectivity index (χ2v) is 3.67. The summed E-state index contributed by atoms with van der Waals surface area (Å²) in [6.07, 6.45) is -0.558. The minimum atomic E-state index is -0.558. The summed E-state index contributed by atoms with van der Waals surface area (Å²) in [5, 5.41) is 8.24. The van der Waals surface area contributed by atoms with Crippen molar-refractivity contribution in [2.45, 2.75) is 6.92 Å². The van der Waals surface area contributed by atoms with Crippen LogP contribution in [0.3, 0.4) is 0 Å². The van der Waals surface area contributed by atoms with Crippen LogP contribution in [0.25, 0.3) is 10.9 Å². The molecule has 0 radical (unpaired) electrons. The van der Waals surface area contributed by atoms with Gasteiger partial charge in [0.25, 0.3) is 0 Å². The van der Waals surface area contributed by atoms with Gasteiger partial charge in [0.05, 0.1) is 12.1 Å². The zero-order chi connectivity index (χ0) is 12.3. The normalized spacial score (nSPS) is 10.2. The molecule has 17 heavy (non-hydrogen) atoms. The van der Waals surface area contributed by atoms with E-state index in [0.29, 0.717) is 17.4 Å².